The van der Waals surface area contributed by atoms with Gasteiger partial charge < -0.3 is 9.57 Å². The lowest BCUT2D eigenvalue weighted by Gasteiger charge is -2.08. The molecular weight excluding hydrogens is 274 g/mol. The Morgan fingerprint density at radius 3 is 2.62 bits per heavy atom. The summed E-state index contributed by atoms with van der Waals surface area (Å²) in [4.78, 5) is 15.6. The molecule has 0 N–H and O–H groups in total. The van der Waals surface area contributed by atoms with E-state index >= 15 is 0 Å². The van der Waals surface area contributed by atoms with E-state index in [1.807, 2.05) is 6.07 Å². The van der Waals surface area contributed by atoms with Crippen LogP contribution in [-0.2, 0) is 9.63 Å². The molecule has 5 heteroatoms. The van der Waals surface area contributed by atoms with Crippen LogP contribution in [0.15, 0.2) is 27.8 Å². The summed E-state index contributed by atoms with van der Waals surface area (Å²) in [5, 5.41) is 3.80. The number of nitrogens with zero attached hydrogens (tertiary/aromatic N) is 1. The predicted octanol–water partition coefficient (Wildman–Crippen LogP) is 2.74. The molecule has 0 unspecified atom stereocenters. The number of ether oxygens (including phenoxy) is 1. The normalized spacial score (nSPS) is 11.1. The number of hydrogen-bond donors (Lipinski definition) is 0. The van der Waals surface area contributed by atoms with Crippen LogP contribution in [0.3, 0.4) is 0 Å². The van der Waals surface area contributed by atoms with Crippen LogP contribution in [0, 0.1) is 0 Å². The maximum absolute atomic E-state index is 10.9. The van der Waals surface area contributed by atoms with E-state index < -0.39 is 0 Å². The number of halogens is 1. The van der Waals surface area contributed by atoms with Gasteiger partial charge in [0.25, 0.3) is 0 Å². The molecule has 0 atom stereocenters. The Morgan fingerprint density at radius 2 is 2.06 bits per heavy atom. The second-order valence-electron chi connectivity index (χ2n) is 3.09. The van der Waals surface area contributed by atoms with Gasteiger partial charge >= 0.3 is 5.97 Å². The van der Waals surface area contributed by atoms with Crippen LogP contribution in [0.2, 0.25) is 0 Å². The Bertz CT molecular complexity index is 429. The first-order valence-electron chi connectivity index (χ1n) is 4.60. The fourth-order valence-electron chi connectivity index (χ4n) is 1.22. The highest BCUT2D eigenvalue weighted by Gasteiger charge is 2.10. The van der Waals surface area contributed by atoms with Crippen molar-refractivity contribution in [1.29, 1.82) is 0 Å². The van der Waals surface area contributed by atoms with Crippen molar-refractivity contribution in [2.75, 3.05) is 7.11 Å². The van der Waals surface area contributed by atoms with Crippen LogP contribution in [0.1, 0.15) is 19.4 Å². The lowest BCUT2D eigenvalue weighted by atomic mass is 10.1. The molecule has 0 aliphatic heterocycles. The maximum atomic E-state index is 10.9. The number of rotatable bonds is 3. The Morgan fingerprint density at radius 1 is 1.38 bits per heavy atom. The third-order valence-electron chi connectivity index (χ3n) is 1.82. The highest BCUT2D eigenvalue weighted by molar-refractivity contribution is 9.10. The zero-order valence-electron chi connectivity index (χ0n) is 9.28. The minimum atomic E-state index is -0.371. The molecule has 0 amide bonds. The Hall–Kier alpha value is -1.36. The monoisotopic (exact) mass is 285 g/mol. The topological polar surface area (TPSA) is 47.9 Å². The van der Waals surface area contributed by atoms with Gasteiger partial charge in [-0.05, 0) is 25.1 Å². The third-order valence-corrected chi connectivity index (χ3v) is 2.31. The summed E-state index contributed by atoms with van der Waals surface area (Å²) in [6.45, 7) is 3.13. The van der Waals surface area contributed by atoms with Gasteiger partial charge in [-0.25, -0.2) is 0 Å². The van der Waals surface area contributed by atoms with Gasteiger partial charge in [-0.1, -0.05) is 21.1 Å². The molecule has 1 aromatic rings. The zero-order chi connectivity index (χ0) is 12.1. The fourth-order valence-corrected chi connectivity index (χ4v) is 1.56. The summed E-state index contributed by atoms with van der Waals surface area (Å²) < 4.78 is 5.92. The van der Waals surface area contributed by atoms with Gasteiger partial charge in [-0.3, -0.25) is 4.79 Å². The fraction of sp³-hybridized carbons (Fsp3) is 0.273. The second kappa shape index (κ2) is 5.65. The lowest BCUT2D eigenvalue weighted by Crippen LogP contribution is -2.06. The molecule has 4 nitrogen and oxygen atoms in total. The predicted molar refractivity (Wildman–Crippen MR) is 64.7 cm³/mol. The van der Waals surface area contributed by atoms with Crippen LogP contribution < -0.4 is 4.74 Å². The van der Waals surface area contributed by atoms with Gasteiger partial charge in [0.05, 0.1) is 5.71 Å². The first-order chi connectivity index (χ1) is 7.54. The van der Waals surface area contributed by atoms with Crippen LogP contribution >= 0.6 is 15.9 Å². The first kappa shape index (κ1) is 12.7. The minimum Gasteiger partial charge on any atom is -0.426 e. The molecular formula is C11H12BrNO3. The Balaban J connectivity index is 3.16. The number of benzene rings is 1. The van der Waals surface area contributed by atoms with Gasteiger partial charge in [0.2, 0.25) is 0 Å². The number of oxime groups is 1. The second-order valence-corrected chi connectivity index (χ2v) is 4.01. The Kier molecular flexibility index (Phi) is 4.49. The van der Waals surface area contributed by atoms with E-state index in [9.17, 15) is 4.79 Å². The van der Waals surface area contributed by atoms with E-state index in [1.54, 1.807) is 19.1 Å². The number of esters is 1. The van der Waals surface area contributed by atoms with Crippen molar-refractivity contribution in [2.24, 2.45) is 5.16 Å². The highest BCUT2D eigenvalue weighted by Crippen LogP contribution is 2.24. The van der Waals surface area contributed by atoms with Crippen molar-refractivity contribution >= 4 is 27.6 Å². The largest absolute Gasteiger partial charge is 0.426 e. The molecule has 1 aromatic carbocycles. The summed E-state index contributed by atoms with van der Waals surface area (Å²) in [5.74, 6) is 0.0877. The smallest absolute Gasteiger partial charge is 0.308 e. The number of hydrogen-bond acceptors (Lipinski definition) is 4. The van der Waals surface area contributed by atoms with E-state index in [1.165, 1.54) is 14.0 Å². The van der Waals surface area contributed by atoms with Crippen molar-refractivity contribution in [3.05, 3.63) is 28.2 Å². The van der Waals surface area contributed by atoms with E-state index in [0.717, 1.165) is 10.0 Å². The molecule has 0 fully saturated rings. The average Bonchev–Trinajstić information content (AvgIpc) is 2.16. The van der Waals surface area contributed by atoms with Crippen molar-refractivity contribution in [3.63, 3.8) is 0 Å². The molecule has 0 radical (unpaired) electrons. The zero-order valence-corrected chi connectivity index (χ0v) is 10.9. The van der Waals surface area contributed by atoms with Gasteiger partial charge in [0, 0.05) is 17.0 Å². The molecule has 16 heavy (non-hydrogen) atoms. The molecule has 0 aliphatic rings. The SMILES string of the molecule is CO/N=C(\C)c1ccc(Br)cc1OC(C)=O. The van der Waals surface area contributed by atoms with Crippen molar-refractivity contribution in [1.82, 2.24) is 0 Å². The molecule has 86 valence electrons. The minimum absolute atomic E-state index is 0.371. The maximum Gasteiger partial charge on any atom is 0.308 e. The van der Waals surface area contributed by atoms with Crippen molar-refractivity contribution in [3.8, 4) is 5.75 Å². The van der Waals surface area contributed by atoms with Gasteiger partial charge in [0.15, 0.2) is 0 Å². The summed E-state index contributed by atoms with van der Waals surface area (Å²) in [7, 11) is 1.47. The van der Waals surface area contributed by atoms with E-state index in [2.05, 4.69) is 25.9 Å². The highest BCUT2D eigenvalue weighted by atomic mass is 79.9. The molecule has 0 heterocycles. The molecule has 0 aromatic heterocycles. The average molecular weight is 286 g/mol. The summed E-state index contributed by atoms with van der Waals surface area (Å²) in [6.07, 6.45) is 0. The molecule has 0 saturated carbocycles. The lowest BCUT2D eigenvalue weighted by molar-refractivity contribution is -0.131. The van der Waals surface area contributed by atoms with Gasteiger partial charge in [-0.2, -0.15) is 0 Å². The molecule has 0 bridgehead atoms. The van der Waals surface area contributed by atoms with E-state index in [-0.39, 0.29) is 5.97 Å². The van der Waals surface area contributed by atoms with Crippen LogP contribution in [0.4, 0.5) is 0 Å². The van der Waals surface area contributed by atoms with E-state index in [4.69, 9.17) is 4.74 Å². The summed E-state index contributed by atoms with van der Waals surface area (Å²) in [5.41, 5.74) is 1.37. The summed E-state index contributed by atoms with van der Waals surface area (Å²) >= 11 is 3.31. The number of carbonyl (C=O) groups excluding carboxylic acids is 1. The standard InChI is InChI=1S/C11H12BrNO3/c1-7(13-15-3)10-5-4-9(12)6-11(10)16-8(2)14/h4-6H,1-3H3/b13-7+. The van der Waals surface area contributed by atoms with Crippen molar-refractivity contribution in [2.45, 2.75) is 13.8 Å². The van der Waals surface area contributed by atoms with E-state index in [0.29, 0.717) is 11.5 Å². The summed E-state index contributed by atoms with van der Waals surface area (Å²) in [6, 6.07) is 5.36. The molecule has 0 aliphatic carbocycles. The molecule has 0 saturated heterocycles. The van der Waals surface area contributed by atoms with Gasteiger partial charge in [-0.15, -0.1) is 0 Å². The van der Waals surface area contributed by atoms with Gasteiger partial charge in [0.1, 0.15) is 12.9 Å². The Labute approximate surface area is 102 Å². The van der Waals surface area contributed by atoms with Crippen molar-refractivity contribution < 1.29 is 14.4 Å². The van der Waals surface area contributed by atoms with Crippen LogP contribution in [0.5, 0.6) is 5.75 Å². The number of carbonyl (C=O) groups is 1. The van der Waals surface area contributed by atoms with Crippen LogP contribution in [0.25, 0.3) is 0 Å². The molecule has 1 rings (SSSR count). The quantitative estimate of drug-likeness (QED) is 0.371. The third kappa shape index (κ3) is 3.34. The first-order valence-corrected chi connectivity index (χ1v) is 5.40. The molecule has 0 spiro atoms. The van der Waals surface area contributed by atoms with Crippen LogP contribution in [-0.4, -0.2) is 18.8 Å².